The summed E-state index contributed by atoms with van der Waals surface area (Å²) in [6, 6.07) is 3.45. The summed E-state index contributed by atoms with van der Waals surface area (Å²) in [6.07, 6.45) is 1.56. The summed E-state index contributed by atoms with van der Waals surface area (Å²) in [5.74, 6) is 1.79. The Hall–Kier alpha value is -1.06. The molecule has 0 radical (unpaired) electrons. The Morgan fingerprint density at radius 2 is 1.50 bits per heavy atom. The maximum atomic E-state index is 5.63. The van der Waals surface area contributed by atoms with Crippen LogP contribution in [0.15, 0.2) is 16.6 Å². The van der Waals surface area contributed by atoms with E-state index < -0.39 is 0 Å². The standard InChI is InChI=1S/C11H12Cl2O3/c1-14-7-4-9(15-2)8(6-11(12)13)10(5-7)16-3/h4-6H,1-3H3. The van der Waals surface area contributed by atoms with Gasteiger partial charge < -0.3 is 14.2 Å². The van der Waals surface area contributed by atoms with E-state index in [1.807, 2.05) is 0 Å². The lowest BCUT2D eigenvalue weighted by Crippen LogP contribution is -1.94. The largest absolute Gasteiger partial charge is 0.496 e. The fourth-order valence-corrected chi connectivity index (χ4v) is 1.50. The molecule has 0 bridgehead atoms. The molecule has 1 rings (SSSR count). The molecule has 88 valence electrons. The summed E-state index contributed by atoms with van der Waals surface area (Å²) in [5, 5.41) is 0. The van der Waals surface area contributed by atoms with Crippen LogP contribution >= 0.6 is 23.2 Å². The van der Waals surface area contributed by atoms with Gasteiger partial charge in [-0.25, -0.2) is 0 Å². The average molecular weight is 263 g/mol. The number of hydrogen-bond acceptors (Lipinski definition) is 3. The van der Waals surface area contributed by atoms with Crippen molar-refractivity contribution in [3.05, 3.63) is 22.2 Å². The Morgan fingerprint density at radius 1 is 1.00 bits per heavy atom. The molecule has 0 atom stereocenters. The molecule has 0 unspecified atom stereocenters. The molecular formula is C11H12Cl2O3. The quantitative estimate of drug-likeness (QED) is 0.832. The van der Waals surface area contributed by atoms with E-state index in [1.54, 1.807) is 39.5 Å². The van der Waals surface area contributed by atoms with Gasteiger partial charge in [0.2, 0.25) is 0 Å². The average Bonchev–Trinajstić information content (AvgIpc) is 2.28. The molecular weight excluding hydrogens is 251 g/mol. The van der Waals surface area contributed by atoms with Crippen LogP contribution in [-0.2, 0) is 0 Å². The second-order valence-corrected chi connectivity index (χ2v) is 3.89. The lowest BCUT2D eigenvalue weighted by Gasteiger charge is -2.12. The molecule has 3 nitrogen and oxygen atoms in total. The summed E-state index contributed by atoms with van der Waals surface area (Å²) in [7, 11) is 4.67. The molecule has 0 aromatic heterocycles. The highest BCUT2D eigenvalue weighted by Crippen LogP contribution is 2.36. The van der Waals surface area contributed by atoms with Crippen LogP contribution in [0.1, 0.15) is 5.56 Å². The number of benzene rings is 1. The predicted octanol–water partition coefficient (Wildman–Crippen LogP) is 3.49. The zero-order valence-electron chi connectivity index (χ0n) is 9.21. The smallest absolute Gasteiger partial charge is 0.133 e. The third-order valence-corrected chi connectivity index (χ3v) is 2.22. The minimum atomic E-state index is 0.127. The van der Waals surface area contributed by atoms with Crippen molar-refractivity contribution in [1.82, 2.24) is 0 Å². The number of methoxy groups -OCH3 is 3. The SMILES string of the molecule is COc1cc(OC)c(C=C(Cl)Cl)c(OC)c1. The van der Waals surface area contributed by atoms with Crippen molar-refractivity contribution in [2.45, 2.75) is 0 Å². The lowest BCUT2D eigenvalue weighted by molar-refractivity contribution is 0.374. The molecule has 1 aromatic rings. The Kier molecular flexibility index (Phi) is 4.77. The second kappa shape index (κ2) is 5.87. The number of halogens is 2. The Bertz CT molecular complexity index is 373. The first-order chi connectivity index (χ1) is 7.62. The van der Waals surface area contributed by atoms with Crippen molar-refractivity contribution >= 4 is 29.3 Å². The molecule has 0 spiro atoms. The first kappa shape index (κ1) is 13.0. The highest BCUT2D eigenvalue weighted by atomic mass is 35.5. The van der Waals surface area contributed by atoms with Crippen LogP contribution < -0.4 is 14.2 Å². The molecule has 0 aliphatic rings. The zero-order valence-corrected chi connectivity index (χ0v) is 10.7. The summed E-state index contributed by atoms with van der Waals surface area (Å²) in [4.78, 5) is 0. The minimum absolute atomic E-state index is 0.127. The summed E-state index contributed by atoms with van der Waals surface area (Å²) in [5.41, 5.74) is 0.672. The molecule has 16 heavy (non-hydrogen) atoms. The van der Waals surface area contributed by atoms with Gasteiger partial charge in [-0.05, 0) is 6.08 Å². The molecule has 0 amide bonds. The Balaban J connectivity index is 3.37. The van der Waals surface area contributed by atoms with E-state index in [2.05, 4.69) is 0 Å². The Labute approximate surface area is 105 Å². The van der Waals surface area contributed by atoms with Gasteiger partial charge in [-0.3, -0.25) is 0 Å². The molecule has 1 aromatic carbocycles. The molecule has 0 saturated heterocycles. The predicted molar refractivity (Wildman–Crippen MR) is 65.8 cm³/mol. The van der Waals surface area contributed by atoms with Crippen LogP contribution in [0.25, 0.3) is 6.08 Å². The molecule has 0 heterocycles. The second-order valence-electron chi connectivity index (χ2n) is 2.88. The van der Waals surface area contributed by atoms with Crippen LogP contribution in [0.3, 0.4) is 0 Å². The maximum Gasteiger partial charge on any atom is 0.133 e. The van der Waals surface area contributed by atoms with E-state index in [-0.39, 0.29) is 4.49 Å². The van der Waals surface area contributed by atoms with Gasteiger partial charge in [0.1, 0.15) is 21.7 Å². The number of hydrogen-bond donors (Lipinski definition) is 0. The van der Waals surface area contributed by atoms with Crippen molar-refractivity contribution < 1.29 is 14.2 Å². The summed E-state index contributed by atoms with van der Waals surface area (Å²) in [6.45, 7) is 0. The van der Waals surface area contributed by atoms with E-state index in [0.717, 1.165) is 0 Å². The van der Waals surface area contributed by atoms with E-state index >= 15 is 0 Å². The highest BCUT2D eigenvalue weighted by molar-refractivity contribution is 6.57. The number of ether oxygens (including phenoxy) is 3. The first-order valence-electron chi connectivity index (χ1n) is 4.45. The normalized spacial score (nSPS) is 9.56. The highest BCUT2D eigenvalue weighted by Gasteiger charge is 2.11. The minimum Gasteiger partial charge on any atom is -0.496 e. The third-order valence-electron chi connectivity index (χ3n) is 2.01. The van der Waals surface area contributed by atoms with E-state index in [0.29, 0.717) is 22.8 Å². The van der Waals surface area contributed by atoms with Gasteiger partial charge in [0.05, 0.1) is 26.9 Å². The fraction of sp³-hybridized carbons (Fsp3) is 0.273. The van der Waals surface area contributed by atoms with Crippen molar-refractivity contribution in [2.75, 3.05) is 21.3 Å². The van der Waals surface area contributed by atoms with Crippen LogP contribution in [-0.4, -0.2) is 21.3 Å². The van der Waals surface area contributed by atoms with Crippen molar-refractivity contribution in [3.8, 4) is 17.2 Å². The van der Waals surface area contributed by atoms with Crippen molar-refractivity contribution in [2.24, 2.45) is 0 Å². The molecule has 0 N–H and O–H groups in total. The van der Waals surface area contributed by atoms with Gasteiger partial charge in [0, 0.05) is 12.1 Å². The van der Waals surface area contributed by atoms with E-state index in [9.17, 15) is 0 Å². The topological polar surface area (TPSA) is 27.7 Å². The van der Waals surface area contributed by atoms with Gasteiger partial charge in [-0.15, -0.1) is 0 Å². The maximum absolute atomic E-state index is 5.63. The molecule has 0 saturated carbocycles. The van der Waals surface area contributed by atoms with Gasteiger partial charge in [0.15, 0.2) is 0 Å². The molecule has 5 heteroatoms. The van der Waals surface area contributed by atoms with Gasteiger partial charge >= 0.3 is 0 Å². The van der Waals surface area contributed by atoms with E-state index in [1.165, 1.54) is 0 Å². The molecule has 0 aliphatic carbocycles. The van der Waals surface area contributed by atoms with Crippen molar-refractivity contribution in [1.29, 1.82) is 0 Å². The van der Waals surface area contributed by atoms with Gasteiger partial charge in [-0.1, -0.05) is 23.2 Å². The van der Waals surface area contributed by atoms with Crippen LogP contribution in [0.4, 0.5) is 0 Å². The third kappa shape index (κ3) is 2.97. The van der Waals surface area contributed by atoms with Crippen LogP contribution in [0.5, 0.6) is 17.2 Å². The Morgan fingerprint density at radius 3 is 1.81 bits per heavy atom. The first-order valence-corrected chi connectivity index (χ1v) is 5.20. The van der Waals surface area contributed by atoms with Crippen LogP contribution in [0, 0.1) is 0 Å². The monoisotopic (exact) mass is 262 g/mol. The summed E-state index contributed by atoms with van der Waals surface area (Å²) >= 11 is 11.3. The molecule has 0 fully saturated rings. The fourth-order valence-electron chi connectivity index (χ4n) is 1.28. The van der Waals surface area contributed by atoms with E-state index in [4.69, 9.17) is 37.4 Å². The van der Waals surface area contributed by atoms with Crippen LogP contribution in [0.2, 0.25) is 0 Å². The lowest BCUT2D eigenvalue weighted by atomic mass is 10.1. The number of rotatable bonds is 4. The zero-order chi connectivity index (χ0) is 12.1. The van der Waals surface area contributed by atoms with Gasteiger partial charge in [0.25, 0.3) is 0 Å². The van der Waals surface area contributed by atoms with Gasteiger partial charge in [-0.2, -0.15) is 0 Å². The summed E-state index contributed by atoms with van der Waals surface area (Å²) < 4.78 is 15.7. The van der Waals surface area contributed by atoms with Crippen molar-refractivity contribution in [3.63, 3.8) is 0 Å². The molecule has 0 aliphatic heterocycles.